The van der Waals surface area contributed by atoms with Crippen LogP contribution in [0.1, 0.15) is 20.8 Å². The van der Waals surface area contributed by atoms with E-state index in [9.17, 15) is 0 Å². The molecule has 0 saturated heterocycles. The first-order valence-electron chi connectivity index (χ1n) is 4.35. The van der Waals surface area contributed by atoms with Gasteiger partial charge in [-0.15, -0.1) is 0 Å². The molecule has 1 aliphatic heterocycles. The monoisotopic (exact) mass is 233 g/mol. The minimum absolute atomic E-state index is 0.255. The molecular weight excluding hydrogens is 218 g/mol. The van der Waals surface area contributed by atoms with Gasteiger partial charge in [0.1, 0.15) is 6.34 Å². The molecule has 4 heteroatoms. The Morgan fingerprint density at radius 2 is 2.25 bits per heavy atom. The minimum atomic E-state index is 0.255. The number of alkyl halides is 1. The van der Waals surface area contributed by atoms with Crippen LogP contribution in [0.3, 0.4) is 0 Å². The van der Waals surface area contributed by atoms with Crippen molar-refractivity contribution in [1.29, 1.82) is 0 Å². The van der Waals surface area contributed by atoms with Crippen molar-refractivity contribution in [3.8, 4) is 0 Å². The van der Waals surface area contributed by atoms with Gasteiger partial charge in [0.2, 0.25) is 0 Å². The van der Waals surface area contributed by atoms with Crippen molar-refractivity contribution >= 4 is 22.3 Å². The summed E-state index contributed by atoms with van der Waals surface area (Å²) in [5, 5.41) is 6.53. The number of halogens is 1. The maximum absolute atomic E-state index is 4.26. The van der Waals surface area contributed by atoms with E-state index in [-0.39, 0.29) is 5.08 Å². The van der Waals surface area contributed by atoms with E-state index in [1.807, 2.05) is 11.3 Å². The lowest BCUT2D eigenvalue weighted by Crippen LogP contribution is -2.36. The van der Waals surface area contributed by atoms with Crippen LogP contribution in [0, 0.1) is 5.92 Å². The van der Waals surface area contributed by atoms with Crippen LogP contribution >= 0.6 is 15.9 Å². The van der Waals surface area contributed by atoms with Crippen LogP contribution in [0.15, 0.2) is 5.10 Å². The van der Waals surface area contributed by atoms with Gasteiger partial charge in [0, 0.05) is 13.1 Å². The van der Waals surface area contributed by atoms with Gasteiger partial charge in [-0.2, -0.15) is 5.10 Å². The molecule has 0 aromatic rings. The summed E-state index contributed by atoms with van der Waals surface area (Å²) in [7, 11) is 0. The lowest BCUT2D eigenvalue weighted by molar-refractivity contribution is 0.209. The molecule has 12 heavy (non-hydrogen) atoms. The number of rotatable bonds is 3. The van der Waals surface area contributed by atoms with E-state index in [2.05, 4.69) is 46.7 Å². The Balaban J connectivity index is 2.44. The fraction of sp³-hybridized carbons (Fsp3) is 0.875. The van der Waals surface area contributed by atoms with Gasteiger partial charge in [0.25, 0.3) is 0 Å². The molecule has 0 amide bonds. The molecule has 0 aromatic heterocycles. The Hall–Kier alpha value is -0.250. The summed E-state index contributed by atoms with van der Waals surface area (Å²) in [6.07, 6.45) is 1.91. The Morgan fingerprint density at radius 3 is 2.67 bits per heavy atom. The van der Waals surface area contributed by atoms with Gasteiger partial charge in [-0.05, 0) is 28.8 Å². The second-order valence-corrected chi connectivity index (χ2v) is 4.21. The molecule has 1 aliphatic rings. The number of hydrogen-bond acceptors (Lipinski definition) is 3. The molecule has 0 saturated carbocycles. The lowest BCUT2D eigenvalue weighted by atomic mass is 10.2. The fourth-order valence-corrected chi connectivity index (χ4v) is 1.87. The Labute approximate surface area is 82.5 Å². The first-order chi connectivity index (χ1) is 5.65. The Morgan fingerprint density at radius 1 is 1.58 bits per heavy atom. The van der Waals surface area contributed by atoms with E-state index in [1.54, 1.807) is 0 Å². The molecule has 3 nitrogen and oxygen atoms in total. The summed E-state index contributed by atoms with van der Waals surface area (Å²) in [6, 6.07) is 0. The zero-order chi connectivity index (χ0) is 9.14. The van der Waals surface area contributed by atoms with Gasteiger partial charge >= 0.3 is 0 Å². The van der Waals surface area contributed by atoms with Crippen molar-refractivity contribution in [3.05, 3.63) is 0 Å². The smallest absolute Gasteiger partial charge is 0.175 e. The molecule has 0 fully saturated rings. The first kappa shape index (κ1) is 9.84. The van der Waals surface area contributed by atoms with Crippen molar-refractivity contribution in [1.82, 2.24) is 9.91 Å². The summed E-state index contributed by atoms with van der Waals surface area (Å²) in [4.78, 5) is 2.20. The van der Waals surface area contributed by atoms with Gasteiger partial charge in [-0.3, -0.25) is 5.01 Å². The van der Waals surface area contributed by atoms with Gasteiger partial charge in [-0.1, -0.05) is 13.8 Å². The molecule has 0 radical (unpaired) electrons. The van der Waals surface area contributed by atoms with Crippen LogP contribution in [-0.2, 0) is 0 Å². The third-order valence-electron chi connectivity index (χ3n) is 1.77. The fourth-order valence-electron chi connectivity index (χ4n) is 1.20. The highest BCUT2D eigenvalue weighted by Crippen LogP contribution is 2.18. The molecular formula is C8H16BrN3. The van der Waals surface area contributed by atoms with Crippen molar-refractivity contribution in [2.75, 3.05) is 13.1 Å². The summed E-state index contributed by atoms with van der Waals surface area (Å²) < 4.78 is 0. The quantitative estimate of drug-likeness (QED) is 0.548. The highest BCUT2D eigenvalue weighted by molar-refractivity contribution is 9.09. The Bertz CT molecular complexity index is 170. The van der Waals surface area contributed by atoms with E-state index in [0.717, 1.165) is 13.1 Å². The van der Waals surface area contributed by atoms with E-state index in [1.165, 1.54) is 0 Å². The summed E-state index contributed by atoms with van der Waals surface area (Å²) in [5.74, 6) is 0.674. The zero-order valence-corrected chi connectivity index (χ0v) is 9.45. The van der Waals surface area contributed by atoms with E-state index >= 15 is 0 Å². The van der Waals surface area contributed by atoms with Crippen LogP contribution in [0.5, 0.6) is 0 Å². The molecule has 0 bridgehead atoms. The van der Waals surface area contributed by atoms with Gasteiger partial charge in [-0.25, -0.2) is 0 Å². The lowest BCUT2D eigenvalue weighted by Gasteiger charge is -2.25. The van der Waals surface area contributed by atoms with Crippen molar-refractivity contribution in [2.45, 2.75) is 25.8 Å². The van der Waals surface area contributed by atoms with Crippen LogP contribution in [0.25, 0.3) is 0 Å². The average Bonchev–Trinajstić information content (AvgIpc) is 2.32. The molecule has 0 aromatic carbocycles. The predicted octanol–water partition coefficient (Wildman–Crippen LogP) is 1.90. The third kappa shape index (κ3) is 2.12. The van der Waals surface area contributed by atoms with E-state index in [4.69, 9.17) is 0 Å². The van der Waals surface area contributed by atoms with Crippen molar-refractivity contribution < 1.29 is 0 Å². The van der Waals surface area contributed by atoms with Gasteiger partial charge in [0.05, 0.1) is 0 Å². The normalized spacial score (nSPS) is 22.9. The molecule has 1 heterocycles. The summed E-state index contributed by atoms with van der Waals surface area (Å²) in [6.45, 7) is 8.52. The van der Waals surface area contributed by atoms with Crippen LogP contribution in [0.2, 0.25) is 0 Å². The second-order valence-electron chi connectivity index (χ2n) is 3.39. The largest absolute Gasteiger partial charge is 0.330 e. The van der Waals surface area contributed by atoms with E-state index in [0.29, 0.717) is 5.92 Å². The Kier molecular flexibility index (Phi) is 3.38. The van der Waals surface area contributed by atoms with E-state index < -0.39 is 0 Å². The molecule has 1 rings (SSSR count). The zero-order valence-electron chi connectivity index (χ0n) is 7.87. The topological polar surface area (TPSA) is 18.8 Å². The first-order valence-corrected chi connectivity index (χ1v) is 5.27. The molecule has 1 atom stereocenters. The molecule has 70 valence electrons. The highest BCUT2D eigenvalue weighted by Gasteiger charge is 2.23. The molecule has 0 aliphatic carbocycles. The molecule has 0 N–H and O–H groups in total. The van der Waals surface area contributed by atoms with Crippen molar-refractivity contribution in [2.24, 2.45) is 11.0 Å². The predicted molar refractivity (Wildman–Crippen MR) is 55.1 cm³/mol. The van der Waals surface area contributed by atoms with Crippen LogP contribution in [-0.4, -0.2) is 34.4 Å². The SMILES string of the molecule is CCN1N=CN(CC(C)C)C1Br. The maximum Gasteiger partial charge on any atom is 0.175 e. The highest BCUT2D eigenvalue weighted by atomic mass is 79.9. The van der Waals surface area contributed by atoms with Crippen molar-refractivity contribution in [3.63, 3.8) is 0 Å². The maximum atomic E-state index is 4.26. The van der Waals surface area contributed by atoms with Gasteiger partial charge < -0.3 is 4.90 Å². The van der Waals surface area contributed by atoms with Crippen LogP contribution < -0.4 is 0 Å². The summed E-state index contributed by atoms with van der Waals surface area (Å²) >= 11 is 3.59. The number of hydrazone groups is 1. The standard InChI is InChI=1S/C8H16BrN3/c1-4-12-8(9)11(6-10-12)5-7(2)3/h6-8H,4-5H2,1-3H3. The molecule has 1 unspecified atom stereocenters. The van der Waals surface area contributed by atoms with Gasteiger partial charge in [0.15, 0.2) is 5.08 Å². The number of hydrogen-bond donors (Lipinski definition) is 0. The average molecular weight is 234 g/mol. The number of nitrogens with zero attached hydrogens (tertiary/aromatic N) is 3. The summed E-state index contributed by atoms with van der Waals surface area (Å²) in [5.41, 5.74) is 0. The minimum Gasteiger partial charge on any atom is -0.330 e. The second kappa shape index (κ2) is 4.12. The third-order valence-corrected chi connectivity index (χ3v) is 2.77. The molecule has 0 spiro atoms. The van der Waals surface area contributed by atoms with Crippen LogP contribution in [0.4, 0.5) is 0 Å².